The second-order valence-electron chi connectivity index (χ2n) is 6.48. The summed E-state index contributed by atoms with van der Waals surface area (Å²) in [7, 11) is 2.50. The van der Waals surface area contributed by atoms with E-state index in [1.807, 2.05) is 48.5 Å². The summed E-state index contributed by atoms with van der Waals surface area (Å²) in [5.41, 5.74) is 1.13. The van der Waals surface area contributed by atoms with E-state index in [2.05, 4.69) is 26.2 Å². The van der Waals surface area contributed by atoms with Gasteiger partial charge in [0.1, 0.15) is 5.75 Å². The Balaban J connectivity index is 0.00000300. The van der Waals surface area contributed by atoms with Crippen LogP contribution in [0, 0.1) is 0 Å². The van der Waals surface area contributed by atoms with Crippen molar-refractivity contribution in [3.05, 3.63) is 54.6 Å². The first-order valence-corrected chi connectivity index (χ1v) is 10.8. The van der Waals surface area contributed by atoms with Gasteiger partial charge in [-0.05, 0) is 24.3 Å². The third-order valence-electron chi connectivity index (χ3n) is 4.79. The van der Waals surface area contributed by atoms with Gasteiger partial charge in [0, 0.05) is 50.4 Å². The SMILES string of the molecule is CN=C(NCCS(=O)c1ccccc1)N1CCN(c2ccccc2OC)CC1.I. The average Bonchev–Trinajstić information content (AvgIpc) is 2.77. The van der Waals surface area contributed by atoms with E-state index in [0.717, 1.165) is 48.5 Å². The van der Waals surface area contributed by atoms with Gasteiger partial charge in [-0.1, -0.05) is 30.3 Å². The minimum Gasteiger partial charge on any atom is -0.495 e. The van der Waals surface area contributed by atoms with Gasteiger partial charge in [0.05, 0.1) is 23.6 Å². The van der Waals surface area contributed by atoms with E-state index in [1.165, 1.54) is 0 Å². The van der Waals surface area contributed by atoms with E-state index in [-0.39, 0.29) is 24.0 Å². The van der Waals surface area contributed by atoms with Crippen molar-refractivity contribution < 1.29 is 8.95 Å². The molecular formula is C21H29IN4O2S. The summed E-state index contributed by atoms with van der Waals surface area (Å²) in [6.07, 6.45) is 0. The highest BCUT2D eigenvalue weighted by atomic mass is 127. The van der Waals surface area contributed by atoms with Crippen LogP contribution in [-0.4, -0.2) is 67.7 Å². The molecule has 3 rings (SSSR count). The Kier molecular flexibility index (Phi) is 9.72. The summed E-state index contributed by atoms with van der Waals surface area (Å²) in [4.78, 5) is 9.86. The standard InChI is InChI=1S/C21H28N4O2S.HI/c1-22-21(23-12-17-28(26)18-8-4-3-5-9-18)25-15-13-24(14-16-25)19-10-6-7-11-20(19)27-2;/h3-11H,12-17H2,1-2H3,(H,22,23);1H. The molecular weight excluding hydrogens is 499 g/mol. The van der Waals surface area contributed by atoms with E-state index in [0.29, 0.717) is 12.3 Å². The Morgan fingerprint density at radius 1 is 1.07 bits per heavy atom. The molecule has 6 nitrogen and oxygen atoms in total. The number of ether oxygens (including phenoxy) is 1. The Morgan fingerprint density at radius 2 is 1.72 bits per heavy atom. The summed E-state index contributed by atoms with van der Waals surface area (Å²) in [5, 5.41) is 3.36. The number of halogens is 1. The van der Waals surface area contributed by atoms with Crippen LogP contribution >= 0.6 is 24.0 Å². The third-order valence-corrected chi connectivity index (χ3v) is 6.17. The van der Waals surface area contributed by atoms with Crippen LogP contribution in [0.15, 0.2) is 64.5 Å². The van der Waals surface area contributed by atoms with Crippen LogP contribution in [0.5, 0.6) is 5.75 Å². The fraction of sp³-hybridized carbons (Fsp3) is 0.381. The normalized spacial score (nSPS) is 15.4. The van der Waals surface area contributed by atoms with Gasteiger partial charge in [0.15, 0.2) is 5.96 Å². The molecule has 8 heteroatoms. The van der Waals surface area contributed by atoms with Crippen LogP contribution in [0.1, 0.15) is 0 Å². The van der Waals surface area contributed by atoms with E-state index in [4.69, 9.17) is 4.74 Å². The molecule has 1 fully saturated rings. The number of methoxy groups -OCH3 is 1. The maximum absolute atomic E-state index is 12.4. The minimum absolute atomic E-state index is 0. The van der Waals surface area contributed by atoms with Gasteiger partial charge < -0.3 is 19.9 Å². The van der Waals surface area contributed by atoms with E-state index in [9.17, 15) is 4.21 Å². The van der Waals surface area contributed by atoms with Crippen molar-refractivity contribution in [2.75, 3.05) is 57.5 Å². The van der Waals surface area contributed by atoms with Gasteiger partial charge in [-0.2, -0.15) is 0 Å². The predicted molar refractivity (Wildman–Crippen MR) is 131 cm³/mol. The Bertz CT molecular complexity index is 811. The predicted octanol–water partition coefficient (Wildman–Crippen LogP) is 2.82. The number of nitrogens with one attached hydrogen (secondary N) is 1. The Labute approximate surface area is 192 Å². The number of hydrogen-bond donors (Lipinski definition) is 1. The number of piperazine rings is 1. The lowest BCUT2D eigenvalue weighted by atomic mass is 10.2. The molecule has 0 spiro atoms. The largest absolute Gasteiger partial charge is 0.495 e. The quantitative estimate of drug-likeness (QED) is 0.355. The second kappa shape index (κ2) is 12.0. The van der Waals surface area contributed by atoms with E-state index in [1.54, 1.807) is 14.2 Å². The van der Waals surface area contributed by atoms with Crippen LogP contribution < -0.4 is 15.0 Å². The minimum atomic E-state index is -0.999. The topological polar surface area (TPSA) is 57.2 Å². The summed E-state index contributed by atoms with van der Waals surface area (Å²) < 4.78 is 17.8. The number of para-hydroxylation sites is 2. The molecule has 0 saturated carbocycles. The van der Waals surface area contributed by atoms with Gasteiger partial charge in [0.25, 0.3) is 0 Å². The van der Waals surface area contributed by atoms with Gasteiger partial charge in [-0.3, -0.25) is 9.20 Å². The van der Waals surface area contributed by atoms with Crippen molar-refractivity contribution in [3.63, 3.8) is 0 Å². The van der Waals surface area contributed by atoms with Crippen molar-refractivity contribution in [1.82, 2.24) is 10.2 Å². The molecule has 0 amide bonds. The Hall–Kier alpha value is -1.81. The highest BCUT2D eigenvalue weighted by molar-refractivity contribution is 14.0. The van der Waals surface area contributed by atoms with Crippen LogP contribution in [0.4, 0.5) is 5.69 Å². The molecule has 0 bridgehead atoms. The van der Waals surface area contributed by atoms with Gasteiger partial charge in [-0.25, -0.2) is 0 Å². The highest BCUT2D eigenvalue weighted by Gasteiger charge is 2.21. The summed E-state index contributed by atoms with van der Waals surface area (Å²) in [6, 6.07) is 17.7. The molecule has 1 aliphatic heterocycles. The molecule has 1 aliphatic rings. The van der Waals surface area contributed by atoms with Crippen molar-refractivity contribution in [3.8, 4) is 5.75 Å². The van der Waals surface area contributed by atoms with Crippen molar-refractivity contribution in [2.45, 2.75) is 4.90 Å². The lowest BCUT2D eigenvalue weighted by molar-refractivity contribution is 0.368. The smallest absolute Gasteiger partial charge is 0.193 e. The molecule has 2 aromatic carbocycles. The fourth-order valence-electron chi connectivity index (χ4n) is 3.33. The number of rotatable bonds is 6. The van der Waals surface area contributed by atoms with Crippen LogP contribution in [-0.2, 0) is 10.8 Å². The summed E-state index contributed by atoms with van der Waals surface area (Å²) >= 11 is 0. The second-order valence-corrected chi connectivity index (χ2v) is 8.05. The molecule has 2 aromatic rings. The molecule has 1 unspecified atom stereocenters. The molecule has 158 valence electrons. The fourth-order valence-corrected chi connectivity index (χ4v) is 4.31. The van der Waals surface area contributed by atoms with Crippen molar-refractivity contribution in [2.24, 2.45) is 4.99 Å². The van der Waals surface area contributed by atoms with Crippen molar-refractivity contribution >= 4 is 46.4 Å². The number of benzene rings is 2. The lowest BCUT2D eigenvalue weighted by Gasteiger charge is -2.38. The van der Waals surface area contributed by atoms with Crippen LogP contribution in [0.2, 0.25) is 0 Å². The van der Waals surface area contributed by atoms with E-state index < -0.39 is 10.8 Å². The molecule has 29 heavy (non-hydrogen) atoms. The molecule has 0 radical (unpaired) electrons. The molecule has 0 aromatic heterocycles. The summed E-state index contributed by atoms with van der Waals surface area (Å²) in [5.74, 6) is 2.33. The zero-order chi connectivity index (χ0) is 19.8. The molecule has 1 saturated heterocycles. The maximum atomic E-state index is 12.4. The van der Waals surface area contributed by atoms with Crippen LogP contribution in [0.25, 0.3) is 0 Å². The monoisotopic (exact) mass is 528 g/mol. The number of anilines is 1. The maximum Gasteiger partial charge on any atom is 0.193 e. The van der Waals surface area contributed by atoms with Crippen LogP contribution in [0.3, 0.4) is 0 Å². The van der Waals surface area contributed by atoms with Gasteiger partial charge >= 0.3 is 0 Å². The average molecular weight is 528 g/mol. The molecule has 1 atom stereocenters. The van der Waals surface area contributed by atoms with E-state index >= 15 is 0 Å². The zero-order valence-electron chi connectivity index (χ0n) is 16.9. The molecule has 1 N–H and O–H groups in total. The van der Waals surface area contributed by atoms with Crippen molar-refractivity contribution in [1.29, 1.82) is 0 Å². The molecule has 1 heterocycles. The first-order valence-electron chi connectivity index (χ1n) is 9.50. The number of nitrogens with zero attached hydrogens (tertiary/aromatic N) is 3. The lowest BCUT2D eigenvalue weighted by Crippen LogP contribution is -2.53. The number of aliphatic imine (C=N–C) groups is 1. The Morgan fingerprint density at radius 3 is 2.38 bits per heavy atom. The third kappa shape index (κ3) is 6.33. The summed E-state index contributed by atoms with van der Waals surface area (Å²) in [6.45, 7) is 4.17. The van der Waals surface area contributed by atoms with Gasteiger partial charge in [-0.15, -0.1) is 24.0 Å². The number of hydrogen-bond acceptors (Lipinski definition) is 4. The highest BCUT2D eigenvalue weighted by Crippen LogP contribution is 2.28. The molecule has 0 aliphatic carbocycles. The first-order chi connectivity index (χ1) is 13.7. The van der Waals surface area contributed by atoms with Gasteiger partial charge in [0.2, 0.25) is 0 Å². The zero-order valence-corrected chi connectivity index (χ0v) is 20.1. The number of guanidine groups is 1. The first kappa shape index (κ1) is 23.5.